The highest BCUT2D eigenvalue weighted by molar-refractivity contribution is 5.89. The van der Waals surface area contributed by atoms with E-state index in [1.807, 2.05) is 0 Å². The number of rotatable bonds is 6. The second-order valence-corrected chi connectivity index (χ2v) is 6.38. The molecule has 132 valence electrons. The molecule has 3 N–H and O–H groups in total. The standard InChI is InChI=1S/C18H27N3O3/c1-13-3-5-14(6-4-13)20-17(22)11-12-19-18(23)21-15-7-9-16(24-2)10-8-15/h7-10,13-14H,3-6,11-12H2,1-2H3,(H,20,22)(H2,19,21,23). The van der Waals surface area contributed by atoms with Crippen LogP contribution in [0.15, 0.2) is 24.3 Å². The molecular weight excluding hydrogens is 306 g/mol. The van der Waals surface area contributed by atoms with Gasteiger partial charge in [-0.3, -0.25) is 4.79 Å². The Kier molecular flexibility index (Phi) is 6.90. The van der Waals surface area contributed by atoms with E-state index in [0.29, 0.717) is 24.7 Å². The average Bonchev–Trinajstić information content (AvgIpc) is 2.57. The van der Waals surface area contributed by atoms with Crippen molar-refractivity contribution in [2.75, 3.05) is 19.0 Å². The summed E-state index contributed by atoms with van der Waals surface area (Å²) in [6, 6.07) is 7.04. The lowest BCUT2D eigenvalue weighted by Crippen LogP contribution is -2.39. The van der Waals surface area contributed by atoms with Gasteiger partial charge in [-0.15, -0.1) is 0 Å². The summed E-state index contributed by atoms with van der Waals surface area (Å²) in [5.74, 6) is 1.50. The number of hydrogen-bond donors (Lipinski definition) is 3. The average molecular weight is 333 g/mol. The summed E-state index contributed by atoms with van der Waals surface area (Å²) in [7, 11) is 1.59. The number of nitrogens with one attached hydrogen (secondary N) is 3. The van der Waals surface area contributed by atoms with Crippen molar-refractivity contribution in [3.8, 4) is 5.75 Å². The summed E-state index contributed by atoms with van der Waals surface area (Å²) >= 11 is 0. The molecule has 0 aliphatic heterocycles. The maximum absolute atomic E-state index is 11.9. The monoisotopic (exact) mass is 333 g/mol. The van der Waals surface area contributed by atoms with Crippen LogP contribution in [0.2, 0.25) is 0 Å². The first-order valence-corrected chi connectivity index (χ1v) is 8.55. The molecule has 24 heavy (non-hydrogen) atoms. The van der Waals surface area contributed by atoms with Crippen LogP contribution >= 0.6 is 0 Å². The van der Waals surface area contributed by atoms with Gasteiger partial charge in [-0.25, -0.2) is 4.79 Å². The number of benzene rings is 1. The molecule has 2 rings (SSSR count). The Hall–Kier alpha value is -2.24. The Labute approximate surface area is 143 Å². The number of carbonyl (C=O) groups is 2. The van der Waals surface area contributed by atoms with Crippen LogP contribution in [0.25, 0.3) is 0 Å². The van der Waals surface area contributed by atoms with E-state index in [0.717, 1.165) is 24.5 Å². The van der Waals surface area contributed by atoms with Crippen molar-refractivity contribution in [3.05, 3.63) is 24.3 Å². The highest BCUT2D eigenvalue weighted by Gasteiger charge is 2.19. The molecule has 0 radical (unpaired) electrons. The van der Waals surface area contributed by atoms with Gasteiger partial charge < -0.3 is 20.7 Å². The molecule has 1 aliphatic carbocycles. The number of ether oxygens (including phenoxy) is 1. The zero-order valence-corrected chi connectivity index (χ0v) is 14.4. The van der Waals surface area contributed by atoms with Gasteiger partial charge in [0.2, 0.25) is 5.91 Å². The number of amides is 3. The first-order valence-electron chi connectivity index (χ1n) is 8.55. The van der Waals surface area contributed by atoms with Crippen LogP contribution in [0.5, 0.6) is 5.75 Å². The van der Waals surface area contributed by atoms with E-state index < -0.39 is 0 Å². The molecule has 6 heteroatoms. The van der Waals surface area contributed by atoms with E-state index in [-0.39, 0.29) is 11.9 Å². The third kappa shape index (κ3) is 6.10. The Morgan fingerprint density at radius 3 is 2.42 bits per heavy atom. The Balaban J connectivity index is 1.62. The fourth-order valence-corrected chi connectivity index (χ4v) is 2.84. The predicted octanol–water partition coefficient (Wildman–Crippen LogP) is 2.90. The highest BCUT2D eigenvalue weighted by atomic mass is 16.5. The molecule has 1 saturated carbocycles. The van der Waals surface area contributed by atoms with E-state index >= 15 is 0 Å². The van der Waals surface area contributed by atoms with Gasteiger partial charge in [0.25, 0.3) is 0 Å². The van der Waals surface area contributed by atoms with Crippen LogP contribution < -0.4 is 20.7 Å². The summed E-state index contributed by atoms with van der Waals surface area (Å²) in [6.45, 7) is 2.57. The predicted molar refractivity (Wildman–Crippen MR) is 94.2 cm³/mol. The molecule has 1 aromatic rings. The smallest absolute Gasteiger partial charge is 0.319 e. The minimum Gasteiger partial charge on any atom is -0.497 e. The molecule has 0 heterocycles. The maximum Gasteiger partial charge on any atom is 0.319 e. The third-order valence-corrected chi connectivity index (χ3v) is 4.37. The van der Waals surface area contributed by atoms with E-state index in [9.17, 15) is 9.59 Å². The summed E-state index contributed by atoms with van der Waals surface area (Å²) in [5.41, 5.74) is 0.675. The highest BCUT2D eigenvalue weighted by Crippen LogP contribution is 2.23. The van der Waals surface area contributed by atoms with Crippen molar-refractivity contribution in [3.63, 3.8) is 0 Å². The van der Waals surface area contributed by atoms with Crippen molar-refractivity contribution in [1.82, 2.24) is 10.6 Å². The normalized spacial score (nSPS) is 20.1. The number of hydrogen-bond acceptors (Lipinski definition) is 3. The molecular formula is C18H27N3O3. The molecule has 1 fully saturated rings. The van der Waals surface area contributed by atoms with E-state index in [2.05, 4.69) is 22.9 Å². The molecule has 0 saturated heterocycles. The molecule has 6 nitrogen and oxygen atoms in total. The van der Waals surface area contributed by atoms with Crippen LogP contribution in [-0.4, -0.2) is 31.6 Å². The first-order chi connectivity index (χ1) is 11.6. The van der Waals surface area contributed by atoms with Gasteiger partial charge in [-0.2, -0.15) is 0 Å². The summed E-state index contributed by atoms with van der Waals surface area (Å²) in [5, 5.41) is 8.46. The van der Waals surface area contributed by atoms with Crippen molar-refractivity contribution in [2.45, 2.75) is 45.1 Å². The van der Waals surface area contributed by atoms with Crippen molar-refractivity contribution >= 4 is 17.6 Å². The largest absolute Gasteiger partial charge is 0.497 e. The van der Waals surface area contributed by atoms with Gasteiger partial charge >= 0.3 is 6.03 Å². The Morgan fingerprint density at radius 2 is 1.79 bits per heavy atom. The van der Waals surface area contributed by atoms with Gasteiger partial charge in [0.05, 0.1) is 7.11 Å². The lowest BCUT2D eigenvalue weighted by molar-refractivity contribution is -0.121. The van der Waals surface area contributed by atoms with Gasteiger partial charge in [-0.05, 0) is 55.9 Å². The summed E-state index contributed by atoms with van der Waals surface area (Å²) in [6.07, 6.45) is 4.75. The number of carbonyl (C=O) groups excluding carboxylic acids is 2. The van der Waals surface area contributed by atoms with E-state index in [1.54, 1.807) is 31.4 Å². The fourth-order valence-electron chi connectivity index (χ4n) is 2.84. The van der Waals surface area contributed by atoms with Crippen LogP contribution in [0, 0.1) is 5.92 Å². The SMILES string of the molecule is COc1ccc(NC(=O)NCCC(=O)NC2CCC(C)CC2)cc1. The van der Waals surface area contributed by atoms with Gasteiger partial charge in [0.1, 0.15) is 5.75 Å². The topological polar surface area (TPSA) is 79.5 Å². The fraction of sp³-hybridized carbons (Fsp3) is 0.556. The maximum atomic E-state index is 11.9. The second-order valence-electron chi connectivity index (χ2n) is 6.38. The minimum absolute atomic E-state index is 0.000648. The number of anilines is 1. The van der Waals surface area contributed by atoms with Crippen molar-refractivity contribution < 1.29 is 14.3 Å². The zero-order valence-electron chi connectivity index (χ0n) is 14.4. The quantitative estimate of drug-likeness (QED) is 0.749. The Bertz CT molecular complexity index is 537. The molecule has 0 atom stereocenters. The summed E-state index contributed by atoms with van der Waals surface area (Å²) in [4.78, 5) is 23.7. The van der Waals surface area contributed by atoms with Gasteiger partial charge in [-0.1, -0.05) is 6.92 Å². The number of methoxy groups -OCH3 is 1. The molecule has 0 spiro atoms. The lowest BCUT2D eigenvalue weighted by Gasteiger charge is -2.26. The van der Waals surface area contributed by atoms with Crippen molar-refractivity contribution in [2.24, 2.45) is 5.92 Å². The summed E-state index contributed by atoms with van der Waals surface area (Å²) < 4.78 is 5.06. The van der Waals surface area contributed by atoms with Gasteiger partial charge in [0.15, 0.2) is 0 Å². The molecule has 0 aromatic heterocycles. The van der Waals surface area contributed by atoms with Crippen LogP contribution in [0.1, 0.15) is 39.0 Å². The molecule has 1 aliphatic rings. The van der Waals surface area contributed by atoms with Crippen molar-refractivity contribution in [1.29, 1.82) is 0 Å². The first kappa shape index (κ1) is 18.1. The molecule has 3 amide bonds. The zero-order chi connectivity index (χ0) is 17.4. The molecule has 0 unspecified atom stereocenters. The van der Waals surface area contributed by atoms with Crippen LogP contribution in [0.3, 0.4) is 0 Å². The molecule has 1 aromatic carbocycles. The van der Waals surface area contributed by atoms with E-state index in [4.69, 9.17) is 4.74 Å². The number of urea groups is 1. The molecule has 0 bridgehead atoms. The van der Waals surface area contributed by atoms with E-state index in [1.165, 1.54) is 12.8 Å². The minimum atomic E-state index is -0.320. The van der Waals surface area contributed by atoms with Gasteiger partial charge in [0, 0.05) is 24.7 Å². The third-order valence-electron chi connectivity index (χ3n) is 4.37. The van der Waals surface area contributed by atoms with Crippen LogP contribution in [0.4, 0.5) is 10.5 Å². The Morgan fingerprint density at radius 1 is 1.12 bits per heavy atom. The van der Waals surface area contributed by atoms with Crippen LogP contribution in [-0.2, 0) is 4.79 Å². The second kappa shape index (κ2) is 9.15. The lowest BCUT2D eigenvalue weighted by atomic mass is 9.87.